The minimum absolute atomic E-state index is 0.390. The molecule has 0 atom stereocenters. The number of carbonyl (C=O) groups excluding carboxylic acids is 1. The second-order valence-electron chi connectivity index (χ2n) is 2.85. The Hall–Kier alpha value is -0.870. The van der Waals surface area contributed by atoms with Crippen molar-refractivity contribution >= 4 is 31.2 Å². The lowest BCUT2D eigenvalue weighted by molar-refractivity contribution is -0.129. The van der Waals surface area contributed by atoms with Crippen LogP contribution in [0.15, 0.2) is 42.0 Å². The van der Waals surface area contributed by atoms with Gasteiger partial charge in [-0.1, -0.05) is 18.2 Å². The zero-order valence-corrected chi connectivity index (χ0v) is 9.88. The van der Waals surface area contributed by atoms with Gasteiger partial charge in [0.25, 0.3) is 0 Å². The van der Waals surface area contributed by atoms with Gasteiger partial charge < -0.3 is 4.74 Å². The van der Waals surface area contributed by atoms with Crippen molar-refractivity contribution < 1.29 is 9.53 Å². The molecule has 2 nitrogen and oxygen atoms in total. The number of hydrogen-bond donors (Lipinski definition) is 2. The average molecular weight is 240 g/mol. The third-order valence-corrected chi connectivity index (χ3v) is 2.50. The number of benzene rings is 1. The molecular formula is C11H12O2S2. The molecule has 15 heavy (non-hydrogen) atoms. The fourth-order valence-corrected chi connectivity index (χ4v) is 1.52. The Kier molecular flexibility index (Phi) is 5.36. The molecule has 0 saturated carbocycles. The van der Waals surface area contributed by atoms with E-state index in [1.807, 2.05) is 18.2 Å². The average Bonchev–Trinajstić information content (AvgIpc) is 2.27. The van der Waals surface area contributed by atoms with E-state index < -0.39 is 0 Å². The molecule has 0 unspecified atom stereocenters. The van der Waals surface area contributed by atoms with Crippen LogP contribution >= 0.6 is 25.3 Å². The Labute approximate surface area is 100 Å². The van der Waals surface area contributed by atoms with Crippen LogP contribution in [-0.2, 0) is 4.79 Å². The van der Waals surface area contributed by atoms with E-state index in [0.29, 0.717) is 17.3 Å². The molecule has 0 saturated heterocycles. The maximum atomic E-state index is 11.4. The summed E-state index contributed by atoms with van der Waals surface area (Å²) >= 11 is 8.14. The molecule has 0 spiro atoms. The highest BCUT2D eigenvalue weighted by Crippen LogP contribution is 2.09. The number of thiol groups is 2. The quantitative estimate of drug-likeness (QED) is 0.366. The van der Waals surface area contributed by atoms with Gasteiger partial charge in [-0.05, 0) is 17.7 Å². The molecule has 1 aromatic rings. The van der Waals surface area contributed by atoms with Crippen molar-refractivity contribution in [3.05, 3.63) is 42.0 Å². The molecule has 0 aliphatic rings. The highest BCUT2D eigenvalue weighted by atomic mass is 32.1. The second kappa shape index (κ2) is 6.58. The molecule has 0 amide bonds. The number of rotatable bonds is 4. The Morgan fingerprint density at radius 2 is 1.80 bits per heavy atom. The van der Waals surface area contributed by atoms with Gasteiger partial charge in [0.1, 0.15) is 5.75 Å². The summed E-state index contributed by atoms with van der Waals surface area (Å²) in [6.45, 7) is 0. The third kappa shape index (κ3) is 4.44. The first kappa shape index (κ1) is 12.2. The van der Waals surface area contributed by atoms with Gasteiger partial charge in [-0.3, -0.25) is 0 Å². The summed E-state index contributed by atoms with van der Waals surface area (Å²) in [4.78, 5) is 11.4. The minimum Gasteiger partial charge on any atom is -0.423 e. The maximum absolute atomic E-state index is 11.4. The zero-order valence-electron chi connectivity index (χ0n) is 8.09. The topological polar surface area (TPSA) is 26.3 Å². The van der Waals surface area contributed by atoms with E-state index in [1.54, 1.807) is 12.1 Å². The number of ether oxygens (including phenoxy) is 1. The van der Waals surface area contributed by atoms with Gasteiger partial charge in [0.05, 0.1) is 0 Å². The van der Waals surface area contributed by atoms with Crippen molar-refractivity contribution in [1.82, 2.24) is 0 Å². The predicted octanol–water partition coefficient (Wildman–Crippen LogP) is 2.38. The van der Waals surface area contributed by atoms with Crippen molar-refractivity contribution in [2.75, 3.05) is 11.5 Å². The van der Waals surface area contributed by atoms with E-state index >= 15 is 0 Å². The Morgan fingerprint density at radius 3 is 2.33 bits per heavy atom. The van der Waals surface area contributed by atoms with Crippen LogP contribution in [-0.4, -0.2) is 17.5 Å². The van der Waals surface area contributed by atoms with E-state index in [9.17, 15) is 4.79 Å². The summed E-state index contributed by atoms with van der Waals surface area (Å²) in [5.41, 5.74) is 0.836. The number of carbonyl (C=O) groups is 1. The summed E-state index contributed by atoms with van der Waals surface area (Å²) in [6.07, 6.45) is 1.42. The lowest BCUT2D eigenvalue weighted by atomic mass is 10.3. The van der Waals surface area contributed by atoms with Crippen molar-refractivity contribution in [3.8, 4) is 5.75 Å². The summed E-state index contributed by atoms with van der Waals surface area (Å²) in [5.74, 6) is 1.16. The van der Waals surface area contributed by atoms with Crippen molar-refractivity contribution in [1.29, 1.82) is 0 Å². The van der Waals surface area contributed by atoms with Gasteiger partial charge >= 0.3 is 5.97 Å². The van der Waals surface area contributed by atoms with Gasteiger partial charge in [-0.2, -0.15) is 25.3 Å². The Morgan fingerprint density at radius 1 is 1.20 bits per heavy atom. The molecule has 0 bridgehead atoms. The Balaban J connectivity index is 2.60. The highest BCUT2D eigenvalue weighted by Gasteiger charge is 2.02. The lowest BCUT2D eigenvalue weighted by Crippen LogP contribution is -2.06. The van der Waals surface area contributed by atoms with E-state index in [1.165, 1.54) is 6.08 Å². The summed E-state index contributed by atoms with van der Waals surface area (Å²) in [7, 11) is 0. The number of para-hydroxylation sites is 1. The zero-order chi connectivity index (χ0) is 11.1. The molecule has 0 aliphatic heterocycles. The van der Waals surface area contributed by atoms with Crippen molar-refractivity contribution in [3.63, 3.8) is 0 Å². The lowest BCUT2D eigenvalue weighted by Gasteiger charge is -2.02. The van der Waals surface area contributed by atoms with Crippen LogP contribution in [0.5, 0.6) is 5.75 Å². The summed E-state index contributed by atoms with van der Waals surface area (Å²) < 4.78 is 5.07. The molecule has 0 aromatic heterocycles. The highest BCUT2D eigenvalue weighted by molar-refractivity contribution is 7.81. The normalized spacial score (nSPS) is 9.47. The van der Waals surface area contributed by atoms with Crippen LogP contribution < -0.4 is 4.74 Å². The summed E-state index contributed by atoms with van der Waals surface area (Å²) in [6, 6.07) is 8.94. The van der Waals surface area contributed by atoms with E-state index in [2.05, 4.69) is 25.3 Å². The van der Waals surface area contributed by atoms with Gasteiger partial charge in [-0.25, -0.2) is 4.79 Å². The van der Waals surface area contributed by atoms with E-state index in [0.717, 1.165) is 5.57 Å². The maximum Gasteiger partial charge on any atom is 0.336 e. The number of hydrogen-bond acceptors (Lipinski definition) is 4. The van der Waals surface area contributed by atoms with Gasteiger partial charge in [-0.15, -0.1) is 0 Å². The molecule has 4 heteroatoms. The summed E-state index contributed by atoms with van der Waals surface area (Å²) in [5, 5.41) is 0. The number of esters is 1. The first-order valence-electron chi connectivity index (χ1n) is 4.44. The molecule has 1 aromatic carbocycles. The Bertz CT molecular complexity index is 341. The van der Waals surface area contributed by atoms with Crippen molar-refractivity contribution in [2.24, 2.45) is 0 Å². The molecule has 1 rings (SSSR count). The van der Waals surface area contributed by atoms with Gasteiger partial charge in [0.2, 0.25) is 0 Å². The second-order valence-corrected chi connectivity index (χ2v) is 3.49. The molecule has 0 N–H and O–H groups in total. The fraction of sp³-hybridized carbons (Fsp3) is 0.182. The molecular weight excluding hydrogens is 228 g/mol. The molecule has 0 fully saturated rings. The SMILES string of the molecule is O=C(C=C(CS)CS)Oc1ccccc1. The minimum atomic E-state index is -0.390. The monoisotopic (exact) mass is 240 g/mol. The van der Waals surface area contributed by atoms with Crippen LogP contribution in [0.2, 0.25) is 0 Å². The smallest absolute Gasteiger partial charge is 0.336 e. The van der Waals surface area contributed by atoms with Crippen LogP contribution in [0.4, 0.5) is 0 Å². The van der Waals surface area contributed by atoms with E-state index in [4.69, 9.17) is 4.74 Å². The largest absolute Gasteiger partial charge is 0.423 e. The molecule has 0 aliphatic carbocycles. The standard InChI is InChI=1S/C11H12O2S2/c12-11(6-9(7-14)8-15)13-10-4-2-1-3-5-10/h1-6,14-15H,7-8H2. The predicted molar refractivity (Wildman–Crippen MR) is 67.9 cm³/mol. The first-order valence-corrected chi connectivity index (χ1v) is 5.70. The van der Waals surface area contributed by atoms with Gasteiger partial charge in [0, 0.05) is 17.6 Å². The van der Waals surface area contributed by atoms with Crippen LogP contribution in [0, 0.1) is 0 Å². The third-order valence-electron chi connectivity index (χ3n) is 1.69. The van der Waals surface area contributed by atoms with Crippen LogP contribution in [0.1, 0.15) is 0 Å². The van der Waals surface area contributed by atoms with E-state index in [-0.39, 0.29) is 5.97 Å². The molecule has 0 radical (unpaired) electrons. The van der Waals surface area contributed by atoms with Crippen LogP contribution in [0.3, 0.4) is 0 Å². The first-order chi connectivity index (χ1) is 7.26. The molecule has 80 valence electrons. The van der Waals surface area contributed by atoms with Gasteiger partial charge in [0.15, 0.2) is 0 Å². The molecule has 0 heterocycles. The van der Waals surface area contributed by atoms with Crippen LogP contribution in [0.25, 0.3) is 0 Å². The van der Waals surface area contributed by atoms with Crippen molar-refractivity contribution in [2.45, 2.75) is 0 Å². The fourth-order valence-electron chi connectivity index (χ4n) is 0.942.